The van der Waals surface area contributed by atoms with Gasteiger partial charge in [0.05, 0.1) is 24.8 Å². The molecule has 5 atom stereocenters. The zero-order chi connectivity index (χ0) is 20.0. The summed E-state index contributed by atoms with van der Waals surface area (Å²) in [7, 11) is 0. The highest BCUT2D eigenvalue weighted by Gasteiger charge is 2.44. The number of carboxylic acids is 2. The van der Waals surface area contributed by atoms with E-state index in [1.807, 2.05) is 0 Å². The van der Waals surface area contributed by atoms with E-state index in [4.69, 9.17) is 24.8 Å². The van der Waals surface area contributed by atoms with Crippen LogP contribution in [0.4, 0.5) is 0 Å². The van der Waals surface area contributed by atoms with Gasteiger partial charge in [-0.3, -0.25) is 4.79 Å². The van der Waals surface area contributed by atoms with E-state index in [2.05, 4.69) is 11.9 Å². The summed E-state index contributed by atoms with van der Waals surface area (Å²) in [6.45, 7) is 3.08. The van der Waals surface area contributed by atoms with Crippen molar-refractivity contribution < 1.29 is 49.4 Å². The van der Waals surface area contributed by atoms with Crippen molar-refractivity contribution in [3.8, 4) is 0 Å². The maximum Gasteiger partial charge on any atom is 0.370 e. The van der Waals surface area contributed by atoms with Gasteiger partial charge >= 0.3 is 11.9 Å². The Bertz CT molecular complexity index is 601. The molecule has 0 saturated carbocycles. The Morgan fingerprint density at radius 1 is 1.35 bits per heavy atom. The van der Waals surface area contributed by atoms with E-state index in [9.17, 15) is 24.6 Å². The van der Waals surface area contributed by atoms with Gasteiger partial charge in [0.15, 0.2) is 6.10 Å². The molecule has 0 radical (unpaired) electrons. The lowest BCUT2D eigenvalue weighted by atomic mass is 9.93. The monoisotopic (exact) mass is 375 g/mol. The van der Waals surface area contributed by atoms with Gasteiger partial charge in [-0.05, 0) is 6.08 Å². The van der Waals surface area contributed by atoms with Gasteiger partial charge in [-0.15, -0.1) is 0 Å². The van der Waals surface area contributed by atoms with Crippen LogP contribution in [-0.4, -0.2) is 87.0 Å². The lowest BCUT2D eigenvalue weighted by molar-refractivity contribution is -0.152. The number of aliphatic hydroxyl groups excluding tert-OH is 3. The molecule has 1 heterocycles. The Morgan fingerprint density at radius 3 is 2.42 bits per heavy atom. The van der Waals surface area contributed by atoms with Gasteiger partial charge in [0, 0.05) is 6.92 Å². The smallest absolute Gasteiger partial charge is 0.370 e. The van der Waals surface area contributed by atoms with Crippen molar-refractivity contribution in [3.63, 3.8) is 0 Å². The Labute approximate surface area is 148 Å². The second-order valence-electron chi connectivity index (χ2n) is 5.57. The Balaban J connectivity index is 3.18. The molecule has 0 fully saturated rings. The molecule has 146 valence electrons. The summed E-state index contributed by atoms with van der Waals surface area (Å²) in [5.74, 6) is -4.05. The summed E-state index contributed by atoms with van der Waals surface area (Å²) < 4.78 is 10.5. The number of ether oxygens (including phenoxy) is 2. The van der Waals surface area contributed by atoms with Crippen LogP contribution in [0.25, 0.3) is 0 Å². The fraction of sp³-hybridized carbons (Fsp3) is 0.533. The van der Waals surface area contributed by atoms with E-state index < -0.39 is 67.3 Å². The minimum atomic E-state index is -1.77. The summed E-state index contributed by atoms with van der Waals surface area (Å²) in [5.41, 5.74) is -0.323. The van der Waals surface area contributed by atoms with Gasteiger partial charge in [-0.25, -0.2) is 9.59 Å². The number of aliphatic carboxylic acids is 2. The molecule has 11 heteroatoms. The normalized spacial score (nSPS) is 24.6. The molecule has 0 saturated heterocycles. The Morgan fingerprint density at radius 2 is 1.96 bits per heavy atom. The highest BCUT2D eigenvalue weighted by atomic mass is 16.5. The van der Waals surface area contributed by atoms with Crippen LogP contribution >= 0.6 is 0 Å². The van der Waals surface area contributed by atoms with Gasteiger partial charge in [-0.2, -0.15) is 0 Å². The zero-order valence-corrected chi connectivity index (χ0v) is 13.9. The predicted octanol–water partition coefficient (Wildman–Crippen LogP) is -2.40. The highest BCUT2D eigenvalue weighted by molar-refractivity contribution is 5.86. The summed E-state index contributed by atoms with van der Waals surface area (Å²) in [5, 5.41) is 49.1. The lowest BCUT2D eigenvalue weighted by Crippen LogP contribution is -2.60. The van der Waals surface area contributed by atoms with Gasteiger partial charge < -0.3 is 40.3 Å². The Kier molecular flexibility index (Phi) is 7.71. The first-order chi connectivity index (χ1) is 12.1. The first-order valence-electron chi connectivity index (χ1n) is 7.47. The molecule has 6 N–H and O–H groups in total. The van der Waals surface area contributed by atoms with Crippen LogP contribution in [-0.2, 0) is 23.9 Å². The molecule has 0 unspecified atom stereocenters. The van der Waals surface area contributed by atoms with Crippen LogP contribution in [0, 0.1) is 0 Å². The molecule has 0 aromatic rings. The number of amides is 1. The molecule has 26 heavy (non-hydrogen) atoms. The van der Waals surface area contributed by atoms with Crippen molar-refractivity contribution >= 4 is 17.8 Å². The maximum absolute atomic E-state index is 11.5. The second kappa shape index (κ2) is 9.29. The third kappa shape index (κ3) is 5.52. The number of hydrogen-bond donors (Lipinski definition) is 6. The van der Waals surface area contributed by atoms with Crippen molar-refractivity contribution in [1.82, 2.24) is 5.32 Å². The first kappa shape index (κ1) is 21.6. The van der Waals surface area contributed by atoms with E-state index >= 15 is 0 Å². The van der Waals surface area contributed by atoms with E-state index in [0.29, 0.717) is 0 Å². The molecule has 0 aromatic carbocycles. The molecular weight excluding hydrogens is 354 g/mol. The molecule has 0 spiro atoms. The standard InChI is InChI=1S/C15H21NO10/c1-6(14(21)22)5-25-9-3-10(15(23)24)26-13(11(9)16-7(2)18)12(20)8(19)4-17/h3,8-9,11-13,17,19-20H,1,4-5H2,2H3,(H,16,18)(H,21,22)(H,23,24)/t8-,9+,11-,12-,13-/m1/s1. The van der Waals surface area contributed by atoms with Crippen molar-refractivity contribution in [2.75, 3.05) is 13.2 Å². The fourth-order valence-electron chi connectivity index (χ4n) is 2.24. The van der Waals surface area contributed by atoms with Crippen molar-refractivity contribution in [3.05, 3.63) is 24.0 Å². The topological polar surface area (TPSA) is 183 Å². The Hall–Kier alpha value is -2.47. The van der Waals surface area contributed by atoms with Gasteiger partial charge in [0.25, 0.3) is 0 Å². The third-order valence-corrected chi connectivity index (χ3v) is 3.54. The quantitative estimate of drug-likeness (QED) is 0.237. The van der Waals surface area contributed by atoms with Crippen molar-refractivity contribution in [2.24, 2.45) is 0 Å². The number of carbonyl (C=O) groups is 3. The number of rotatable bonds is 9. The van der Waals surface area contributed by atoms with Crippen LogP contribution < -0.4 is 5.32 Å². The van der Waals surface area contributed by atoms with Crippen LogP contribution in [0.1, 0.15) is 6.92 Å². The van der Waals surface area contributed by atoms with E-state index in [0.717, 1.165) is 13.0 Å². The molecule has 1 amide bonds. The van der Waals surface area contributed by atoms with Gasteiger partial charge in [0.2, 0.25) is 11.7 Å². The minimum absolute atomic E-state index is 0.323. The number of aliphatic hydroxyl groups is 3. The highest BCUT2D eigenvalue weighted by Crippen LogP contribution is 2.25. The fourth-order valence-corrected chi connectivity index (χ4v) is 2.24. The predicted molar refractivity (Wildman–Crippen MR) is 83.8 cm³/mol. The summed E-state index contributed by atoms with van der Waals surface area (Å²) >= 11 is 0. The molecule has 0 bridgehead atoms. The maximum atomic E-state index is 11.5. The number of hydrogen-bond acceptors (Lipinski definition) is 8. The molecule has 0 aliphatic carbocycles. The molecule has 1 aliphatic rings. The van der Waals surface area contributed by atoms with Gasteiger partial charge in [0.1, 0.15) is 18.3 Å². The first-order valence-corrected chi connectivity index (χ1v) is 7.47. The SMILES string of the molecule is C=C(CO[C@H]1C=C(C(=O)O)O[C@@H]([C@H](O)[C@H](O)CO)[C@@H]1NC(C)=O)C(=O)O. The zero-order valence-electron chi connectivity index (χ0n) is 13.9. The molecule has 0 aromatic heterocycles. The van der Waals surface area contributed by atoms with Crippen LogP contribution in [0.15, 0.2) is 24.0 Å². The molecule has 1 rings (SSSR count). The third-order valence-electron chi connectivity index (χ3n) is 3.54. The van der Waals surface area contributed by atoms with Crippen molar-refractivity contribution in [1.29, 1.82) is 0 Å². The molecular formula is C15H21NO10. The van der Waals surface area contributed by atoms with Crippen LogP contribution in [0.5, 0.6) is 0 Å². The summed E-state index contributed by atoms with van der Waals surface area (Å²) in [6, 6.07) is -1.17. The average Bonchev–Trinajstić information content (AvgIpc) is 2.57. The van der Waals surface area contributed by atoms with Gasteiger partial charge in [-0.1, -0.05) is 6.58 Å². The molecule has 1 aliphatic heterocycles. The van der Waals surface area contributed by atoms with E-state index in [1.54, 1.807) is 0 Å². The van der Waals surface area contributed by atoms with E-state index in [-0.39, 0.29) is 5.57 Å². The molecule has 11 nitrogen and oxygen atoms in total. The van der Waals surface area contributed by atoms with Crippen LogP contribution in [0.3, 0.4) is 0 Å². The number of carboxylic acid groups (broad SMARTS) is 2. The minimum Gasteiger partial charge on any atom is -0.478 e. The van der Waals surface area contributed by atoms with Crippen LogP contribution in [0.2, 0.25) is 0 Å². The number of nitrogens with one attached hydrogen (secondary N) is 1. The lowest BCUT2D eigenvalue weighted by Gasteiger charge is -2.39. The summed E-state index contributed by atoms with van der Waals surface area (Å²) in [6.07, 6.45) is -5.15. The second-order valence-corrected chi connectivity index (χ2v) is 5.57. The summed E-state index contributed by atoms with van der Waals surface area (Å²) in [4.78, 5) is 33.5. The largest absolute Gasteiger partial charge is 0.478 e. The van der Waals surface area contributed by atoms with Crippen molar-refractivity contribution in [2.45, 2.75) is 37.4 Å². The number of carbonyl (C=O) groups excluding carboxylic acids is 1. The average molecular weight is 375 g/mol. The van der Waals surface area contributed by atoms with E-state index in [1.165, 1.54) is 0 Å².